The smallest absolute Gasteiger partial charge is 0.216 e. The van der Waals surface area contributed by atoms with E-state index >= 15 is 0 Å². The fourth-order valence-corrected chi connectivity index (χ4v) is 5.38. The van der Waals surface area contributed by atoms with Crippen LogP contribution < -0.4 is 10.6 Å². The van der Waals surface area contributed by atoms with Gasteiger partial charge in [-0.1, -0.05) is 64.5 Å². The number of benzene rings is 2. The van der Waals surface area contributed by atoms with Crippen molar-refractivity contribution in [2.75, 3.05) is 38.0 Å². The molecule has 0 atom stereocenters. The lowest BCUT2D eigenvalue weighted by atomic mass is 10.1. The number of nitrogens with one attached hydrogen (secondary N) is 3. The van der Waals surface area contributed by atoms with Crippen LogP contribution in [0.25, 0.3) is 22.4 Å². The first-order valence-corrected chi connectivity index (χ1v) is 14.3. The number of aromatic amines is 1. The number of halogens is 1. The molecule has 1 saturated heterocycles. The van der Waals surface area contributed by atoms with E-state index in [9.17, 15) is 4.79 Å². The van der Waals surface area contributed by atoms with Gasteiger partial charge in [0.15, 0.2) is 5.82 Å². The van der Waals surface area contributed by atoms with E-state index in [-0.39, 0.29) is 12.0 Å². The molecule has 0 radical (unpaired) electrons. The Bertz CT molecular complexity index is 1380. The van der Waals surface area contributed by atoms with E-state index in [2.05, 4.69) is 66.8 Å². The SMILES string of the molecule is CC(=O)NCCNc1nc(-c2ccccc2)nc2[nH]c(COC3CCN(CCc4ccccc4Br)CC3)cc12. The normalized spacial score (nSPS) is 14.5. The van der Waals surface area contributed by atoms with Crippen molar-refractivity contribution in [1.29, 1.82) is 0 Å². The fraction of sp³-hybridized carbons (Fsp3) is 0.367. The van der Waals surface area contributed by atoms with Gasteiger partial charge < -0.3 is 25.3 Å². The maximum absolute atomic E-state index is 11.2. The van der Waals surface area contributed by atoms with Gasteiger partial charge in [0.05, 0.1) is 18.1 Å². The minimum Gasteiger partial charge on any atom is -0.372 e. The van der Waals surface area contributed by atoms with Crippen LogP contribution in [0.1, 0.15) is 31.0 Å². The number of piperidine rings is 1. The number of hydrogen-bond donors (Lipinski definition) is 3. The number of anilines is 1. The Hall–Kier alpha value is -3.27. The highest BCUT2D eigenvalue weighted by molar-refractivity contribution is 9.10. The summed E-state index contributed by atoms with van der Waals surface area (Å²) in [6, 6.07) is 20.5. The zero-order valence-electron chi connectivity index (χ0n) is 22.3. The predicted octanol–water partition coefficient (Wildman–Crippen LogP) is 5.16. The topological polar surface area (TPSA) is 95.2 Å². The molecule has 1 aliphatic rings. The van der Waals surface area contributed by atoms with Gasteiger partial charge in [-0.2, -0.15) is 0 Å². The van der Waals surface area contributed by atoms with Crippen LogP contribution in [0.2, 0.25) is 0 Å². The molecule has 2 aromatic heterocycles. The lowest BCUT2D eigenvalue weighted by molar-refractivity contribution is -0.118. The van der Waals surface area contributed by atoms with Crippen LogP contribution in [0.4, 0.5) is 5.82 Å². The molecule has 0 saturated carbocycles. The number of rotatable bonds is 11. The van der Waals surface area contributed by atoms with Crippen molar-refractivity contribution in [3.63, 3.8) is 0 Å². The van der Waals surface area contributed by atoms with Gasteiger partial charge in [-0.25, -0.2) is 9.97 Å². The molecular weight excluding hydrogens is 556 g/mol. The van der Waals surface area contributed by atoms with E-state index in [0.717, 1.165) is 67.0 Å². The van der Waals surface area contributed by atoms with E-state index in [1.54, 1.807) is 0 Å². The number of carbonyl (C=O) groups is 1. The Morgan fingerprint density at radius 3 is 2.62 bits per heavy atom. The van der Waals surface area contributed by atoms with Gasteiger partial charge >= 0.3 is 0 Å². The van der Waals surface area contributed by atoms with Crippen molar-refractivity contribution in [2.45, 2.75) is 38.9 Å². The van der Waals surface area contributed by atoms with Crippen LogP contribution in [0.3, 0.4) is 0 Å². The maximum atomic E-state index is 11.2. The average Bonchev–Trinajstić information content (AvgIpc) is 3.38. The summed E-state index contributed by atoms with van der Waals surface area (Å²) in [6.45, 7) is 6.27. The molecule has 5 rings (SSSR count). The van der Waals surface area contributed by atoms with Crippen molar-refractivity contribution in [2.24, 2.45) is 0 Å². The van der Waals surface area contributed by atoms with Crippen molar-refractivity contribution >= 4 is 38.7 Å². The molecule has 2 aromatic carbocycles. The summed E-state index contributed by atoms with van der Waals surface area (Å²) in [5, 5.41) is 7.10. The third-order valence-electron chi connectivity index (χ3n) is 7.03. The predicted molar refractivity (Wildman–Crippen MR) is 159 cm³/mol. The summed E-state index contributed by atoms with van der Waals surface area (Å²) >= 11 is 3.66. The van der Waals surface area contributed by atoms with Gasteiger partial charge in [-0.3, -0.25) is 4.79 Å². The molecule has 9 heteroatoms. The number of ether oxygens (including phenoxy) is 1. The van der Waals surface area contributed by atoms with Crippen LogP contribution in [0.15, 0.2) is 65.1 Å². The van der Waals surface area contributed by atoms with Crippen LogP contribution >= 0.6 is 15.9 Å². The first kappa shape index (κ1) is 27.3. The van der Waals surface area contributed by atoms with E-state index in [0.29, 0.717) is 25.5 Å². The zero-order chi connectivity index (χ0) is 27.0. The average molecular weight is 592 g/mol. The quantitative estimate of drug-likeness (QED) is 0.209. The van der Waals surface area contributed by atoms with Crippen LogP contribution in [-0.2, 0) is 22.6 Å². The molecule has 0 bridgehead atoms. The van der Waals surface area contributed by atoms with Crippen LogP contribution in [0.5, 0.6) is 0 Å². The molecule has 1 amide bonds. The number of fused-ring (bicyclic) bond motifs is 1. The van der Waals surface area contributed by atoms with Gasteiger partial charge in [0.2, 0.25) is 5.91 Å². The van der Waals surface area contributed by atoms with E-state index in [1.807, 2.05) is 30.3 Å². The van der Waals surface area contributed by atoms with Crippen LogP contribution in [-0.4, -0.2) is 64.6 Å². The third kappa shape index (κ3) is 7.44. The number of H-pyrrole nitrogens is 1. The summed E-state index contributed by atoms with van der Waals surface area (Å²) < 4.78 is 7.52. The van der Waals surface area contributed by atoms with Crippen molar-refractivity contribution < 1.29 is 9.53 Å². The first-order chi connectivity index (χ1) is 19.0. The monoisotopic (exact) mass is 590 g/mol. The molecule has 0 spiro atoms. The van der Waals surface area contributed by atoms with Crippen molar-refractivity contribution in [3.8, 4) is 11.4 Å². The molecule has 4 aromatic rings. The van der Waals surface area contributed by atoms with E-state index in [1.165, 1.54) is 17.0 Å². The number of carbonyl (C=O) groups excluding carboxylic acids is 1. The van der Waals surface area contributed by atoms with Gasteiger partial charge in [-0.05, 0) is 37.0 Å². The molecule has 204 valence electrons. The Kier molecular flexibility index (Phi) is 9.23. The second-order valence-electron chi connectivity index (χ2n) is 9.92. The molecule has 1 fully saturated rings. The molecular formula is C30H35BrN6O2. The van der Waals surface area contributed by atoms with Gasteiger partial charge in [0, 0.05) is 55.4 Å². The lowest BCUT2D eigenvalue weighted by Crippen LogP contribution is -2.38. The largest absolute Gasteiger partial charge is 0.372 e. The number of amides is 1. The van der Waals surface area contributed by atoms with Crippen molar-refractivity contribution in [3.05, 3.63) is 76.4 Å². The van der Waals surface area contributed by atoms with E-state index in [4.69, 9.17) is 14.7 Å². The standard InChI is InChI=1S/C30H35BrN6O2/c1-21(38)32-14-15-33-29-26-19-24(34-30(26)36-28(35-29)23-8-3-2-4-9-23)20-39-25-12-17-37(18-13-25)16-11-22-7-5-6-10-27(22)31/h2-10,19,25H,11-18,20H2,1H3,(H,32,38)(H2,33,34,35,36). The molecule has 0 unspecified atom stereocenters. The first-order valence-electron chi connectivity index (χ1n) is 13.6. The zero-order valence-corrected chi connectivity index (χ0v) is 23.8. The van der Waals surface area contributed by atoms with Gasteiger partial charge in [-0.15, -0.1) is 0 Å². The minimum absolute atomic E-state index is 0.0502. The minimum atomic E-state index is -0.0502. The molecule has 3 heterocycles. The Balaban J connectivity index is 1.19. The number of hydrogen-bond acceptors (Lipinski definition) is 6. The molecule has 1 aliphatic heterocycles. The molecule has 0 aliphatic carbocycles. The number of nitrogens with zero attached hydrogens (tertiary/aromatic N) is 3. The molecule has 39 heavy (non-hydrogen) atoms. The maximum Gasteiger partial charge on any atom is 0.216 e. The highest BCUT2D eigenvalue weighted by atomic mass is 79.9. The van der Waals surface area contributed by atoms with Crippen molar-refractivity contribution in [1.82, 2.24) is 25.2 Å². The molecule has 8 nitrogen and oxygen atoms in total. The lowest BCUT2D eigenvalue weighted by Gasteiger charge is -2.31. The van der Waals surface area contributed by atoms with E-state index < -0.39 is 0 Å². The highest BCUT2D eigenvalue weighted by Gasteiger charge is 2.20. The Morgan fingerprint density at radius 2 is 1.85 bits per heavy atom. The number of likely N-dealkylation sites (tertiary alicyclic amines) is 1. The second-order valence-corrected chi connectivity index (χ2v) is 10.8. The summed E-state index contributed by atoms with van der Waals surface area (Å²) in [7, 11) is 0. The fourth-order valence-electron chi connectivity index (χ4n) is 4.90. The van der Waals surface area contributed by atoms with Gasteiger partial charge in [0.25, 0.3) is 0 Å². The molecule has 3 N–H and O–H groups in total. The highest BCUT2D eigenvalue weighted by Crippen LogP contribution is 2.27. The Labute approximate surface area is 237 Å². The third-order valence-corrected chi connectivity index (χ3v) is 7.80. The van der Waals surface area contributed by atoms with Gasteiger partial charge in [0.1, 0.15) is 11.5 Å². The summed E-state index contributed by atoms with van der Waals surface area (Å²) in [5.74, 6) is 1.34. The second kappa shape index (κ2) is 13.2. The Morgan fingerprint density at radius 1 is 1.08 bits per heavy atom. The number of aromatic nitrogens is 3. The summed E-state index contributed by atoms with van der Waals surface area (Å²) in [5.41, 5.74) is 4.05. The summed E-state index contributed by atoms with van der Waals surface area (Å²) in [4.78, 5) is 26.8. The van der Waals surface area contributed by atoms with Crippen LogP contribution in [0, 0.1) is 0 Å². The summed E-state index contributed by atoms with van der Waals surface area (Å²) in [6.07, 6.45) is 3.36.